The maximum Gasteiger partial charge on any atom is 0.319 e. The van der Waals surface area contributed by atoms with Gasteiger partial charge < -0.3 is 15.1 Å². The monoisotopic (exact) mass is 454 g/mol. The van der Waals surface area contributed by atoms with Crippen molar-refractivity contribution in [1.82, 2.24) is 25.2 Å². The topological polar surface area (TPSA) is 80.3 Å². The molecule has 0 unspecified atom stereocenters. The number of aliphatic imine (C=N–C) groups is 1. The Hall–Kier alpha value is -1.72. The van der Waals surface area contributed by atoms with Gasteiger partial charge in [0.1, 0.15) is 18.1 Å². The zero-order valence-electron chi connectivity index (χ0n) is 13.7. The summed E-state index contributed by atoms with van der Waals surface area (Å²) < 4.78 is 31.8. The van der Waals surface area contributed by atoms with E-state index < -0.39 is 6.55 Å². The molecule has 0 atom stereocenters. The third-order valence-corrected chi connectivity index (χ3v) is 3.16. The summed E-state index contributed by atoms with van der Waals surface area (Å²) in [6, 6.07) is 0. The molecule has 0 amide bonds. The van der Waals surface area contributed by atoms with Gasteiger partial charge in [0.2, 0.25) is 5.89 Å². The average Bonchev–Trinajstić information content (AvgIpc) is 3.09. The third-order valence-electron chi connectivity index (χ3n) is 3.16. The Morgan fingerprint density at radius 1 is 1.38 bits per heavy atom. The van der Waals surface area contributed by atoms with Crippen LogP contribution < -0.4 is 10.6 Å². The Morgan fingerprint density at radius 2 is 2.12 bits per heavy atom. The lowest BCUT2D eigenvalue weighted by molar-refractivity contribution is 0.0671. The second-order valence-corrected chi connectivity index (χ2v) is 4.83. The van der Waals surface area contributed by atoms with Crippen LogP contribution in [0.3, 0.4) is 0 Å². The smallest absolute Gasteiger partial charge is 0.319 e. The molecule has 0 aliphatic rings. The summed E-state index contributed by atoms with van der Waals surface area (Å²) >= 11 is 0. The SMILES string of the molecule is CCNC(=NCc1nccn1C(F)F)NCc1nc(C)c(C)o1.I. The molecule has 0 aliphatic carbocycles. The molecule has 0 aliphatic heterocycles. The second kappa shape index (κ2) is 9.55. The van der Waals surface area contributed by atoms with E-state index in [0.29, 0.717) is 24.9 Å². The molecule has 0 bridgehead atoms. The Kier molecular flexibility index (Phi) is 8.08. The number of guanidine groups is 1. The number of nitrogens with zero attached hydrogens (tertiary/aromatic N) is 4. The summed E-state index contributed by atoms with van der Waals surface area (Å²) in [5.74, 6) is 1.98. The third kappa shape index (κ3) is 5.42. The molecule has 2 aromatic heterocycles. The molecule has 0 fully saturated rings. The number of halogens is 3. The van der Waals surface area contributed by atoms with Gasteiger partial charge in [0.15, 0.2) is 5.96 Å². The van der Waals surface area contributed by atoms with Gasteiger partial charge in [0, 0.05) is 18.9 Å². The molecule has 0 radical (unpaired) electrons. The number of alkyl halides is 2. The Bertz CT molecular complexity index is 651. The summed E-state index contributed by atoms with van der Waals surface area (Å²) in [6.07, 6.45) is 2.56. The summed E-state index contributed by atoms with van der Waals surface area (Å²) in [4.78, 5) is 12.4. The predicted molar refractivity (Wildman–Crippen MR) is 96.5 cm³/mol. The van der Waals surface area contributed by atoms with Crippen molar-refractivity contribution in [3.05, 3.63) is 35.6 Å². The predicted octanol–water partition coefficient (Wildman–Crippen LogP) is 2.76. The van der Waals surface area contributed by atoms with Gasteiger partial charge in [-0.2, -0.15) is 8.78 Å². The number of aromatic nitrogens is 3. The normalized spacial score (nSPS) is 11.5. The van der Waals surface area contributed by atoms with Crippen molar-refractivity contribution in [1.29, 1.82) is 0 Å². The van der Waals surface area contributed by atoms with Crippen molar-refractivity contribution in [3.63, 3.8) is 0 Å². The zero-order chi connectivity index (χ0) is 16.8. The summed E-state index contributed by atoms with van der Waals surface area (Å²) in [5.41, 5.74) is 0.836. The lowest BCUT2D eigenvalue weighted by atomic mass is 10.4. The number of rotatable bonds is 6. The first-order valence-corrected chi connectivity index (χ1v) is 7.26. The van der Waals surface area contributed by atoms with Crippen LogP contribution in [0, 0.1) is 13.8 Å². The van der Waals surface area contributed by atoms with Crippen LogP contribution in [-0.2, 0) is 13.1 Å². The largest absolute Gasteiger partial charge is 0.444 e. The first-order chi connectivity index (χ1) is 11.0. The second-order valence-electron chi connectivity index (χ2n) is 4.83. The van der Waals surface area contributed by atoms with Gasteiger partial charge in [-0.1, -0.05) is 0 Å². The molecule has 0 spiro atoms. The number of hydrogen-bond acceptors (Lipinski definition) is 4. The maximum absolute atomic E-state index is 12.8. The fourth-order valence-electron chi connectivity index (χ4n) is 1.91. The van der Waals surface area contributed by atoms with Crippen molar-refractivity contribution >= 4 is 29.9 Å². The van der Waals surface area contributed by atoms with Crippen molar-refractivity contribution in [3.8, 4) is 0 Å². The Morgan fingerprint density at radius 3 is 2.71 bits per heavy atom. The summed E-state index contributed by atoms with van der Waals surface area (Å²) in [6.45, 7) is 4.02. The molecule has 0 saturated heterocycles. The van der Waals surface area contributed by atoms with Crippen molar-refractivity contribution in [2.75, 3.05) is 6.54 Å². The molecule has 0 saturated carbocycles. The number of aryl methyl sites for hydroxylation is 2. The van der Waals surface area contributed by atoms with Crippen molar-refractivity contribution < 1.29 is 13.2 Å². The lowest BCUT2D eigenvalue weighted by Gasteiger charge is -2.10. The minimum Gasteiger partial charge on any atom is -0.444 e. The number of nitrogens with one attached hydrogen (secondary N) is 2. The van der Waals surface area contributed by atoms with Crippen LogP contribution in [0.15, 0.2) is 21.8 Å². The molecule has 2 heterocycles. The number of oxazole rings is 1. The molecule has 2 aromatic rings. The van der Waals surface area contributed by atoms with Crippen LogP contribution in [0.1, 0.15) is 36.6 Å². The fourth-order valence-corrected chi connectivity index (χ4v) is 1.91. The Balaban J connectivity index is 0.00000288. The van der Waals surface area contributed by atoms with Gasteiger partial charge in [-0.25, -0.2) is 15.0 Å². The van der Waals surface area contributed by atoms with E-state index in [-0.39, 0.29) is 36.3 Å². The highest BCUT2D eigenvalue weighted by molar-refractivity contribution is 14.0. The van der Waals surface area contributed by atoms with E-state index in [0.717, 1.165) is 16.0 Å². The quantitative estimate of drug-likeness (QED) is 0.399. The molecule has 24 heavy (non-hydrogen) atoms. The summed E-state index contributed by atoms with van der Waals surface area (Å²) in [5, 5.41) is 6.08. The minimum absolute atomic E-state index is 0. The van der Waals surface area contributed by atoms with Crippen LogP contribution in [0.25, 0.3) is 0 Å². The zero-order valence-corrected chi connectivity index (χ0v) is 16.0. The minimum atomic E-state index is -2.63. The summed E-state index contributed by atoms with van der Waals surface area (Å²) in [7, 11) is 0. The standard InChI is InChI=1S/C14H20F2N6O.HI/c1-4-17-14(20-8-12-21-9(2)10(3)23-12)19-7-11-18-5-6-22(11)13(15)16;/h5-6,13H,4,7-8H2,1-3H3,(H2,17,19,20);1H. The van der Waals surface area contributed by atoms with E-state index in [9.17, 15) is 8.78 Å². The lowest BCUT2D eigenvalue weighted by Crippen LogP contribution is -2.37. The highest BCUT2D eigenvalue weighted by Gasteiger charge is 2.11. The molecule has 0 aromatic carbocycles. The van der Waals surface area contributed by atoms with Gasteiger partial charge in [-0.3, -0.25) is 4.57 Å². The average molecular weight is 454 g/mol. The highest BCUT2D eigenvalue weighted by Crippen LogP contribution is 2.13. The van der Waals surface area contributed by atoms with E-state index in [4.69, 9.17) is 4.42 Å². The molecule has 2 rings (SSSR count). The van der Waals surface area contributed by atoms with Crippen molar-refractivity contribution in [2.45, 2.75) is 40.4 Å². The first kappa shape index (κ1) is 20.3. The van der Waals surface area contributed by atoms with E-state index in [2.05, 4.69) is 25.6 Å². The molecular weight excluding hydrogens is 433 g/mol. The maximum atomic E-state index is 12.8. The van der Waals surface area contributed by atoms with E-state index in [1.807, 2.05) is 20.8 Å². The fraction of sp³-hybridized carbons (Fsp3) is 0.500. The van der Waals surface area contributed by atoms with Crippen LogP contribution in [0.4, 0.5) is 8.78 Å². The number of hydrogen-bond donors (Lipinski definition) is 2. The highest BCUT2D eigenvalue weighted by atomic mass is 127. The van der Waals surface area contributed by atoms with Crippen LogP contribution in [0.5, 0.6) is 0 Å². The van der Waals surface area contributed by atoms with E-state index >= 15 is 0 Å². The Labute approximate surface area is 156 Å². The number of imidazole rings is 1. The van der Waals surface area contributed by atoms with Gasteiger partial charge in [-0.15, -0.1) is 24.0 Å². The molecular formula is C14H21F2IN6O. The molecule has 134 valence electrons. The van der Waals surface area contributed by atoms with E-state index in [1.165, 1.54) is 12.4 Å². The van der Waals surface area contributed by atoms with E-state index in [1.54, 1.807) is 0 Å². The van der Waals surface area contributed by atoms with Crippen LogP contribution in [-0.4, -0.2) is 27.0 Å². The van der Waals surface area contributed by atoms with Gasteiger partial charge in [0.05, 0.1) is 12.2 Å². The van der Waals surface area contributed by atoms with Gasteiger partial charge >= 0.3 is 6.55 Å². The van der Waals surface area contributed by atoms with Crippen LogP contribution >= 0.6 is 24.0 Å². The van der Waals surface area contributed by atoms with Gasteiger partial charge in [-0.05, 0) is 20.8 Å². The van der Waals surface area contributed by atoms with Crippen molar-refractivity contribution in [2.24, 2.45) is 4.99 Å². The molecule has 7 nitrogen and oxygen atoms in total. The van der Waals surface area contributed by atoms with Crippen LogP contribution in [0.2, 0.25) is 0 Å². The first-order valence-electron chi connectivity index (χ1n) is 7.26. The molecule has 10 heteroatoms. The van der Waals surface area contributed by atoms with Gasteiger partial charge in [0.25, 0.3) is 0 Å². The molecule has 2 N–H and O–H groups in total.